The summed E-state index contributed by atoms with van der Waals surface area (Å²) in [6, 6.07) is 5.92. The lowest BCUT2D eigenvalue weighted by atomic mass is 9.83. The summed E-state index contributed by atoms with van der Waals surface area (Å²) in [6.07, 6.45) is 2.32. The van der Waals surface area contributed by atoms with E-state index in [0.29, 0.717) is 12.0 Å². The molecule has 1 amide bonds. The number of hydrogen-bond acceptors (Lipinski definition) is 3. The van der Waals surface area contributed by atoms with E-state index in [1.807, 2.05) is 0 Å². The molecule has 2 rings (SSSR count). The fraction of sp³-hybridized carbons (Fsp3) is 0.611. The van der Waals surface area contributed by atoms with Gasteiger partial charge in [-0.3, -0.25) is 4.79 Å². The van der Waals surface area contributed by atoms with Gasteiger partial charge in [-0.05, 0) is 32.8 Å². The van der Waals surface area contributed by atoms with Crippen LogP contribution in [0.4, 0.5) is 4.39 Å². The molecule has 0 aromatic heterocycles. The van der Waals surface area contributed by atoms with Crippen molar-refractivity contribution < 1.29 is 19.0 Å². The highest BCUT2D eigenvalue weighted by Gasteiger charge is 2.37. The number of carbonyl (C=O) groups is 1. The van der Waals surface area contributed by atoms with Gasteiger partial charge < -0.3 is 15.2 Å². The van der Waals surface area contributed by atoms with Gasteiger partial charge in [0.1, 0.15) is 11.9 Å². The van der Waals surface area contributed by atoms with E-state index < -0.39 is 17.3 Å². The standard InChI is InChI=1S/C18H26FNO3/c1-18(2,12-8-4-5-9-13(12)19)17(22)20-14-10-6-7-11-15(23-3)16(14)21/h4-5,8-9,14-16,21H,6-7,10-11H2,1-3H3,(H,20,22)/t14-,15-,16-/m1/s1. The predicted molar refractivity (Wildman–Crippen MR) is 86.6 cm³/mol. The summed E-state index contributed by atoms with van der Waals surface area (Å²) in [5, 5.41) is 13.3. The summed E-state index contributed by atoms with van der Waals surface area (Å²) in [5.41, 5.74) is -0.663. The molecule has 3 atom stereocenters. The first-order valence-electron chi connectivity index (χ1n) is 8.14. The molecule has 1 aromatic carbocycles. The van der Waals surface area contributed by atoms with Gasteiger partial charge in [0.05, 0.1) is 17.6 Å². The Morgan fingerprint density at radius 1 is 1.30 bits per heavy atom. The minimum Gasteiger partial charge on any atom is -0.388 e. The van der Waals surface area contributed by atoms with Gasteiger partial charge in [0.2, 0.25) is 5.91 Å². The van der Waals surface area contributed by atoms with Crippen LogP contribution in [0.5, 0.6) is 0 Å². The fourth-order valence-electron chi connectivity index (χ4n) is 3.16. The second kappa shape index (κ2) is 7.41. The van der Waals surface area contributed by atoms with Crippen LogP contribution in [0.3, 0.4) is 0 Å². The Bertz CT molecular complexity index is 547. The van der Waals surface area contributed by atoms with Crippen LogP contribution in [0.1, 0.15) is 45.1 Å². The van der Waals surface area contributed by atoms with Crippen LogP contribution in [0.2, 0.25) is 0 Å². The number of nitrogens with one attached hydrogen (secondary N) is 1. The third-order valence-corrected chi connectivity index (χ3v) is 4.78. The molecule has 23 heavy (non-hydrogen) atoms. The number of halogens is 1. The molecule has 1 saturated carbocycles. The van der Waals surface area contributed by atoms with Crippen molar-refractivity contribution in [1.82, 2.24) is 5.32 Å². The molecule has 1 aliphatic rings. The number of amides is 1. The number of methoxy groups -OCH3 is 1. The summed E-state index contributed by atoms with van der Waals surface area (Å²) in [6.45, 7) is 3.38. The zero-order chi connectivity index (χ0) is 17.0. The number of ether oxygens (including phenoxy) is 1. The SMILES string of the molecule is CO[C@@H]1CCCC[C@@H](NC(=O)C(C)(C)c2ccccc2F)[C@H]1O. The molecule has 1 aliphatic carbocycles. The van der Waals surface area contributed by atoms with Gasteiger partial charge in [-0.2, -0.15) is 0 Å². The molecule has 4 nitrogen and oxygen atoms in total. The Morgan fingerprint density at radius 3 is 2.61 bits per heavy atom. The van der Waals surface area contributed by atoms with E-state index in [1.54, 1.807) is 39.2 Å². The molecule has 0 aliphatic heterocycles. The summed E-state index contributed by atoms with van der Waals surface area (Å²) in [5.74, 6) is -0.688. The normalized spacial score (nSPS) is 25.7. The highest BCUT2D eigenvalue weighted by atomic mass is 19.1. The zero-order valence-electron chi connectivity index (χ0n) is 14.0. The number of hydrogen-bond donors (Lipinski definition) is 2. The van der Waals surface area contributed by atoms with Gasteiger partial charge in [-0.15, -0.1) is 0 Å². The quantitative estimate of drug-likeness (QED) is 0.837. The van der Waals surface area contributed by atoms with E-state index in [2.05, 4.69) is 5.32 Å². The minimum atomic E-state index is -1.01. The van der Waals surface area contributed by atoms with Crippen LogP contribution < -0.4 is 5.32 Å². The molecule has 1 fully saturated rings. The van der Waals surface area contributed by atoms with Crippen molar-refractivity contribution in [2.24, 2.45) is 0 Å². The van der Waals surface area contributed by atoms with Gasteiger partial charge in [0, 0.05) is 12.7 Å². The largest absolute Gasteiger partial charge is 0.388 e. The van der Waals surface area contributed by atoms with E-state index in [1.165, 1.54) is 6.07 Å². The zero-order valence-corrected chi connectivity index (χ0v) is 14.0. The Labute approximate surface area is 137 Å². The van der Waals surface area contributed by atoms with Crippen LogP contribution in [0, 0.1) is 5.82 Å². The highest BCUT2D eigenvalue weighted by molar-refractivity contribution is 5.87. The molecular formula is C18H26FNO3. The maximum Gasteiger partial charge on any atom is 0.230 e. The number of benzene rings is 1. The number of carbonyl (C=O) groups excluding carboxylic acids is 1. The van der Waals surface area contributed by atoms with Crippen molar-refractivity contribution in [3.8, 4) is 0 Å². The lowest BCUT2D eigenvalue weighted by Crippen LogP contribution is -2.52. The van der Waals surface area contributed by atoms with Crippen molar-refractivity contribution >= 4 is 5.91 Å². The molecule has 0 spiro atoms. The monoisotopic (exact) mass is 323 g/mol. The third kappa shape index (κ3) is 3.90. The first-order chi connectivity index (χ1) is 10.9. The van der Waals surface area contributed by atoms with Crippen molar-refractivity contribution in [2.75, 3.05) is 7.11 Å². The number of rotatable bonds is 4. The Hall–Kier alpha value is -1.46. The van der Waals surface area contributed by atoms with E-state index >= 15 is 0 Å². The Kier molecular flexibility index (Phi) is 5.76. The van der Waals surface area contributed by atoms with Gasteiger partial charge in [-0.1, -0.05) is 31.0 Å². The van der Waals surface area contributed by atoms with Crippen LogP contribution in [-0.4, -0.2) is 36.4 Å². The highest BCUT2D eigenvalue weighted by Crippen LogP contribution is 2.27. The molecule has 0 unspecified atom stereocenters. The number of aliphatic hydroxyl groups excluding tert-OH is 1. The van der Waals surface area contributed by atoms with Gasteiger partial charge in [-0.25, -0.2) is 4.39 Å². The van der Waals surface area contributed by atoms with E-state index in [-0.39, 0.29) is 18.1 Å². The lowest BCUT2D eigenvalue weighted by Gasteiger charge is -2.31. The van der Waals surface area contributed by atoms with Crippen molar-refractivity contribution in [1.29, 1.82) is 0 Å². The topological polar surface area (TPSA) is 58.6 Å². The van der Waals surface area contributed by atoms with Gasteiger partial charge >= 0.3 is 0 Å². The lowest BCUT2D eigenvalue weighted by molar-refractivity contribution is -0.128. The molecule has 0 bridgehead atoms. The fourth-order valence-corrected chi connectivity index (χ4v) is 3.16. The summed E-state index contributed by atoms with van der Waals surface area (Å²) < 4.78 is 19.4. The van der Waals surface area contributed by atoms with Crippen molar-refractivity contribution in [2.45, 2.75) is 63.2 Å². The average Bonchev–Trinajstić information content (AvgIpc) is 2.69. The van der Waals surface area contributed by atoms with Crippen molar-refractivity contribution in [3.63, 3.8) is 0 Å². The van der Waals surface area contributed by atoms with Gasteiger partial charge in [0.15, 0.2) is 0 Å². The molecule has 5 heteroatoms. The maximum atomic E-state index is 14.0. The van der Waals surface area contributed by atoms with Crippen LogP contribution in [-0.2, 0) is 14.9 Å². The average molecular weight is 323 g/mol. The molecule has 0 saturated heterocycles. The van der Waals surface area contributed by atoms with E-state index in [0.717, 1.165) is 19.3 Å². The van der Waals surface area contributed by atoms with Crippen LogP contribution in [0.15, 0.2) is 24.3 Å². The Morgan fingerprint density at radius 2 is 1.96 bits per heavy atom. The second-order valence-electron chi connectivity index (χ2n) is 6.73. The first-order valence-corrected chi connectivity index (χ1v) is 8.14. The van der Waals surface area contributed by atoms with E-state index in [4.69, 9.17) is 4.74 Å². The Balaban J connectivity index is 2.15. The molecule has 0 heterocycles. The molecule has 128 valence electrons. The summed E-state index contributed by atoms with van der Waals surface area (Å²) >= 11 is 0. The summed E-state index contributed by atoms with van der Waals surface area (Å²) in [7, 11) is 1.57. The number of aliphatic hydroxyl groups is 1. The molecular weight excluding hydrogens is 297 g/mol. The smallest absolute Gasteiger partial charge is 0.230 e. The van der Waals surface area contributed by atoms with Gasteiger partial charge in [0.25, 0.3) is 0 Å². The molecule has 2 N–H and O–H groups in total. The maximum absolute atomic E-state index is 14.0. The predicted octanol–water partition coefficient (Wildman–Crippen LogP) is 2.54. The molecule has 1 aromatic rings. The van der Waals surface area contributed by atoms with Crippen LogP contribution in [0.25, 0.3) is 0 Å². The van der Waals surface area contributed by atoms with E-state index in [9.17, 15) is 14.3 Å². The second-order valence-corrected chi connectivity index (χ2v) is 6.73. The molecule has 0 radical (unpaired) electrons. The van der Waals surface area contributed by atoms with Crippen molar-refractivity contribution in [3.05, 3.63) is 35.6 Å². The third-order valence-electron chi connectivity index (χ3n) is 4.78. The minimum absolute atomic E-state index is 0.278. The summed E-state index contributed by atoms with van der Waals surface area (Å²) in [4.78, 5) is 12.7. The first kappa shape index (κ1) is 17.9. The van der Waals surface area contributed by atoms with Crippen LogP contribution >= 0.6 is 0 Å².